The van der Waals surface area contributed by atoms with Crippen LogP contribution in [0.5, 0.6) is 0 Å². The average molecular weight is 360 g/mol. The summed E-state index contributed by atoms with van der Waals surface area (Å²) in [5, 5.41) is -0.228. The molecule has 0 saturated carbocycles. The first-order valence-electron chi connectivity index (χ1n) is 7.52. The molecule has 0 amide bonds. The fraction of sp³-hybridized carbons (Fsp3) is 0.600. The van der Waals surface area contributed by atoms with Gasteiger partial charge < -0.3 is 9.31 Å². The smallest absolute Gasteiger partial charge is 0.399 e. The van der Waals surface area contributed by atoms with E-state index in [1.165, 1.54) is 0 Å². The van der Waals surface area contributed by atoms with Gasteiger partial charge in [-0.25, -0.2) is 8.42 Å². The van der Waals surface area contributed by atoms with Gasteiger partial charge in [0.1, 0.15) is 0 Å². The molecule has 0 spiro atoms. The number of nitrogens with one attached hydrogen (secondary N) is 1. The molecule has 1 aromatic rings. The summed E-state index contributed by atoms with van der Waals surface area (Å²) in [6.45, 7) is 11.1. The first-order valence-corrected chi connectivity index (χ1v) is 9.45. The van der Waals surface area contributed by atoms with Gasteiger partial charge in [0, 0.05) is 0 Å². The van der Waals surface area contributed by atoms with Crippen molar-refractivity contribution in [3.05, 3.63) is 23.2 Å². The molecule has 0 aliphatic carbocycles. The minimum Gasteiger partial charge on any atom is -0.399 e. The van der Waals surface area contributed by atoms with Crippen LogP contribution in [0.15, 0.2) is 18.2 Å². The first-order chi connectivity index (χ1) is 10.4. The maximum atomic E-state index is 12.1. The Kier molecular flexibility index (Phi) is 4.81. The Labute approximate surface area is 143 Å². The van der Waals surface area contributed by atoms with Gasteiger partial charge in [-0.3, -0.25) is 4.72 Å². The van der Waals surface area contributed by atoms with Crippen LogP contribution in [-0.2, 0) is 19.3 Å². The van der Waals surface area contributed by atoms with Crippen LogP contribution in [0.2, 0.25) is 5.02 Å². The zero-order chi connectivity index (χ0) is 17.6. The molecule has 1 N–H and O–H groups in total. The van der Waals surface area contributed by atoms with Crippen molar-refractivity contribution in [3.63, 3.8) is 0 Å². The van der Waals surface area contributed by atoms with E-state index in [1.54, 1.807) is 32.0 Å². The highest BCUT2D eigenvalue weighted by atomic mass is 35.5. The highest BCUT2D eigenvalue weighted by molar-refractivity contribution is 7.93. The summed E-state index contributed by atoms with van der Waals surface area (Å²) in [4.78, 5) is 0. The summed E-state index contributed by atoms with van der Waals surface area (Å²) >= 11 is 6.12. The summed E-state index contributed by atoms with van der Waals surface area (Å²) in [6.07, 6.45) is 0. The largest absolute Gasteiger partial charge is 0.494 e. The number of anilines is 1. The zero-order valence-corrected chi connectivity index (χ0v) is 15.9. The Morgan fingerprint density at radius 1 is 1.13 bits per heavy atom. The van der Waals surface area contributed by atoms with Crippen molar-refractivity contribution in [2.75, 3.05) is 4.72 Å². The number of hydrogen-bond acceptors (Lipinski definition) is 4. The van der Waals surface area contributed by atoms with Crippen LogP contribution in [0.4, 0.5) is 5.69 Å². The Morgan fingerprint density at radius 2 is 1.65 bits per heavy atom. The van der Waals surface area contributed by atoms with Gasteiger partial charge in [-0.2, -0.15) is 0 Å². The van der Waals surface area contributed by atoms with Gasteiger partial charge >= 0.3 is 7.12 Å². The Bertz CT molecular complexity index is 687. The standard InChI is InChI=1S/C15H23BClNO4S/c1-10(2)23(19,20)18-13-9-11(7-8-12(13)17)16-21-14(3,4)15(5,6)22-16/h7-10,18H,1-6H3. The van der Waals surface area contributed by atoms with Crippen molar-refractivity contribution in [1.29, 1.82) is 0 Å². The van der Waals surface area contributed by atoms with Crippen molar-refractivity contribution in [2.24, 2.45) is 0 Å². The SMILES string of the molecule is CC(C)S(=O)(=O)Nc1cc(B2OC(C)(C)C(C)(C)O2)ccc1Cl. The number of sulfonamides is 1. The van der Waals surface area contributed by atoms with Gasteiger partial charge in [-0.05, 0) is 59.1 Å². The van der Waals surface area contributed by atoms with Crippen molar-refractivity contribution >= 4 is 39.9 Å². The van der Waals surface area contributed by atoms with E-state index in [1.807, 2.05) is 27.7 Å². The average Bonchev–Trinajstić information content (AvgIpc) is 2.60. The van der Waals surface area contributed by atoms with Crippen LogP contribution in [0, 0.1) is 0 Å². The number of rotatable bonds is 4. The van der Waals surface area contributed by atoms with Crippen LogP contribution < -0.4 is 10.2 Å². The van der Waals surface area contributed by atoms with E-state index in [2.05, 4.69) is 4.72 Å². The molecular formula is C15H23BClNO4S. The second-order valence-electron chi connectivity index (χ2n) is 7.02. The summed E-state index contributed by atoms with van der Waals surface area (Å²) in [5.41, 5.74) is 0.117. The van der Waals surface area contributed by atoms with Crippen molar-refractivity contribution < 1.29 is 17.7 Å². The van der Waals surface area contributed by atoms with Gasteiger partial charge in [0.2, 0.25) is 10.0 Å². The lowest BCUT2D eigenvalue weighted by atomic mass is 9.79. The van der Waals surface area contributed by atoms with Crippen LogP contribution in [0.1, 0.15) is 41.5 Å². The topological polar surface area (TPSA) is 64.6 Å². The Balaban J connectivity index is 2.32. The molecule has 1 aliphatic rings. The van der Waals surface area contributed by atoms with Gasteiger partial charge in [0.15, 0.2) is 0 Å². The molecule has 128 valence electrons. The Hall–Kier alpha value is -0.755. The van der Waals surface area contributed by atoms with Crippen molar-refractivity contribution in [1.82, 2.24) is 0 Å². The van der Waals surface area contributed by atoms with E-state index in [9.17, 15) is 8.42 Å². The lowest BCUT2D eigenvalue weighted by Gasteiger charge is -2.32. The molecule has 1 aliphatic heterocycles. The third-order valence-electron chi connectivity index (χ3n) is 4.39. The maximum Gasteiger partial charge on any atom is 0.494 e. The van der Waals surface area contributed by atoms with E-state index >= 15 is 0 Å². The van der Waals surface area contributed by atoms with Crippen LogP contribution in [0.3, 0.4) is 0 Å². The van der Waals surface area contributed by atoms with Crippen LogP contribution >= 0.6 is 11.6 Å². The minimum absolute atomic E-state index is 0.326. The monoisotopic (exact) mass is 359 g/mol. The summed E-state index contributed by atoms with van der Waals surface area (Å²) in [5.74, 6) is 0. The van der Waals surface area contributed by atoms with E-state index in [0.717, 1.165) is 5.46 Å². The normalized spacial score (nSPS) is 20.1. The molecule has 1 aromatic carbocycles. The first kappa shape index (κ1) is 18.6. The summed E-state index contributed by atoms with van der Waals surface area (Å²) in [7, 11) is -4.05. The van der Waals surface area contributed by atoms with Crippen molar-refractivity contribution in [3.8, 4) is 0 Å². The van der Waals surface area contributed by atoms with E-state index in [4.69, 9.17) is 20.9 Å². The zero-order valence-electron chi connectivity index (χ0n) is 14.3. The van der Waals surface area contributed by atoms with Crippen molar-refractivity contribution in [2.45, 2.75) is 58.0 Å². The molecule has 0 bridgehead atoms. The third-order valence-corrected chi connectivity index (χ3v) is 6.46. The number of hydrogen-bond donors (Lipinski definition) is 1. The highest BCUT2D eigenvalue weighted by Crippen LogP contribution is 2.36. The number of halogens is 1. The van der Waals surface area contributed by atoms with Gasteiger partial charge in [0.05, 0.1) is 27.2 Å². The molecule has 0 aromatic heterocycles. The second kappa shape index (κ2) is 5.95. The predicted molar refractivity (Wildman–Crippen MR) is 94.8 cm³/mol. The Morgan fingerprint density at radius 3 is 2.13 bits per heavy atom. The molecule has 2 rings (SSSR count). The molecular weight excluding hydrogens is 336 g/mol. The quantitative estimate of drug-likeness (QED) is 0.840. The summed E-state index contributed by atoms with van der Waals surface area (Å²) < 4.78 is 38.6. The molecule has 1 fully saturated rings. The highest BCUT2D eigenvalue weighted by Gasteiger charge is 2.51. The van der Waals surface area contributed by atoms with Gasteiger partial charge in [0.25, 0.3) is 0 Å². The molecule has 1 saturated heterocycles. The molecule has 5 nitrogen and oxygen atoms in total. The van der Waals surface area contributed by atoms with E-state index < -0.39 is 33.6 Å². The molecule has 8 heteroatoms. The molecule has 1 heterocycles. The number of benzene rings is 1. The fourth-order valence-corrected chi connectivity index (χ4v) is 2.95. The van der Waals surface area contributed by atoms with E-state index in [0.29, 0.717) is 10.7 Å². The lowest BCUT2D eigenvalue weighted by molar-refractivity contribution is 0.00578. The minimum atomic E-state index is -3.48. The predicted octanol–water partition coefficient (Wildman–Crippen LogP) is 2.79. The molecule has 0 atom stereocenters. The molecule has 23 heavy (non-hydrogen) atoms. The van der Waals surface area contributed by atoms with E-state index in [-0.39, 0.29) is 0 Å². The second-order valence-corrected chi connectivity index (χ2v) is 9.67. The van der Waals surface area contributed by atoms with Crippen LogP contribution in [0.25, 0.3) is 0 Å². The fourth-order valence-electron chi connectivity index (χ4n) is 2.02. The molecule has 0 unspecified atom stereocenters. The molecule has 0 radical (unpaired) electrons. The van der Waals surface area contributed by atoms with Gasteiger partial charge in [-0.15, -0.1) is 0 Å². The third kappa shape index (κ3) is 3.68. The van der Waals surface area contributed by atoms with Crippen LogP contribution in [-0.4, -0.2) is 32.0 Å². The lowest BCUT2D eigenvalue weighted by Crippen LogP contribution is -2.41. The maximum absolute atomic E-state index is 12.1. The van der Waals surface area contributed by atoms with Gasteiger partial charge in [-0.1, -0.05) is 17.7 Å². The summed E-state index contributed by atoms with van der Waals surface area (Å²) in [6, 6.07) is 5.07.